The summed E-state index contributed by atoms with van der Waals surface area (Å²) in [5, 5.41) is 9.22. The predicted molar refractivity (Wildman–Crippen MR) is 70.6 cm³/mol. The van der Waals surface area contributed by atoms with Crippen LogP contribution in [0.4, 0.5) is 0 Å². The molecule has 4 heteroatoms. The molecular formula is C14H18N2O2. The normalized spacial score (nSPS) is 13.1. The SMILES string of the molecule is CC(C)Cc1nc2ccccc2n1[C@H](C)C(=O)O. The van der Waals surface area contributed by atoms with Gasteiger partial charge in [0.2, 0.25) is 0 Å². The van der Waals surface area contributed by atoms with E-state index in [-0.39, 0.29) is 0 Å². The van der Waals surface area contributed by atoms with Crippen LogP contribution >= 0.6 is 0 Å². The van der Waals surface area contributed by atoms with E-state index in [9.17, 15) is 9.90 Å². The fraction of sp³-hybridized carbons (Fsp3) is 0.429. The molecule has 0 aliphatic carbocycles. The molecule has 1 N–H and O–H groups in total. The van der Waals surface area contributed by atoms with Gasteiger partial charge in [-0.05, 0) is 25.0 Å². The first-order chi connectivity index (χ1) is 8.50. The summed E-state index contributed by atoms with van der Waals surface area (Å²) in [7, 11) is 0. The molecule has 0 amide bonds. The Morgan fingerprint density at radius 2 is 2.00 bits per heavy atom. The molecule has 0 unspecified atom stereocenters. The lowest BCUT2D eigenvalue weighted by molar-refractivity contribution is -0.140. The van der Waals surface area contributed by atoms with Crippen LogP contribution in [-0.2, 0) is 11.2 Å². The molecule has 96 valence electrons. The highest BCUT2D eigenvalue weighted by atomic mass is 16.4. The number of aliphatic carboxylic acids is 1. The summed E-state index contributed by atoms with van der Waals surface area (Å²) >= 11 is 0. The van der Waals surface area contributed by atoms with E-state index in [4.69, 9.17) is 0 Å². The highest BCUT2D eigenvalue weighted by Crippen LogP contribution is 2.23. The van der Waals surface area contributed by atoms with E-state index in [0.717, 1.165) is 23.3 Å². The quantitative estimate of drug-likeness (QED) is 0.902. The monoisotopic (exact) mass is 246 g/mol. The van der Waals surface area contributed by atoms with E-state index in [0.29, 0.717) is 5.92 Å². The third-order valence-electron chi connectivity index (χ3n) is 3.00. The van der Waals surface area contributed by atoms with Gasteiger partial charge in [0, 0.05) is 6.42 Å². The van der Waals surface area contributed by atoms with Crippen LogP contribution in [-0.4, -0.2) is 20.6 Å². The number of carboxylic acid groups (broad SMARTS) is 1. The van der Waals surface area contributed by atoms with Crippen molar-refractivity contribution >= 4 is 17.0 Å². The van der Waals surface area contributed by atoms with Crippen molar-refractivity contribution in [2.75, 3.05) is 0 Å². The molecule has 0 spiro atoms. The number of hydrogen-bond acceptors (Lipinski definition) is 2. The molecule has 2 aromatic rings. The third-order valence-corrected chi connectivity index (χ3v) is 3.00. The van der Waals surface area contributed by atoms with E-state index < -0.39 is 12.0 Å². The van der Waals surface area contributed by atoms with Crippen LogP contribution in [0.15, 0.2) is 24.3 Å². The van der Waals surface area contributed by atoms with Crippen LogP contribution in [0.5, 0.6) is 0 Å². The third kappa shape index (κ3) is 2.23. The lowest BCUT2D eigenvalue weighted by Crippen LogP contribution is -2.18. The summed E-state index contributed by atoms with van der Waals surface area (Å²) in [6.45, 7) is 5.91. The molecule has 1 aromatic heterocycles. The second kappa shape index (κ2) is 4.80. The smallest absolute Gasteiger partial charge is 0.326 e. The number of hydrogen-bond donors (Lipinski definition) is 1. The fourth-order valence-electron chi connectivity index (χ4n) is 2.15. The van der Waals surface area contributed by atoms with Crippen LogP contribution in [0, 0.1) is 5.92 Å². The van der Waals surface area contributed by atoms with Crippen molar-refractivity contribution in [1.82, 2.24) is 9.55 Å². The number of carbonyl (C=O) groups is 1. The zero-order valence-corrected chi connectivity index (χ0v) is 10.9. The van der Waals surface area contributed by atoms with E-state index in [2.05, 4.69) is 18.8 Å². The molecule has 18 heavy (non-hydrogen) atoms. The maximum Gasteiger partial charge on any atom is 0.326 e. The zero-order valence-electron chi connectivity index (χ0n) is 10.9. The van der Waals surface area contributed by atoms with Crippen molar-refractivity contribution in [2.45, 2.75) is 33.2 Å². The maximum atomic E-state index is 11.2. The van der Waals surface area contributed by atoms with Crippen molar-refractivity contribution in [3.05, 3.63) is 30.1 Å². The van der Waals surface area contributed by atoms with Crippen molar-refractivity contribution in [3.8, 4) is 0 Å². The van der Waals surface area contributed by atoms with E-state index >= 15 is 0 Å². The van der Waals surface area contributed by atoms with Gasteiger partial charge in [-0.1, -0.05) is 26.0 Å². The van der Waals surface area contributed by atoms with Gasteiger partial charge in [-0.15, -0.1) is 0 Å². The van der Waals surface area contributed by atoms with Gasteiger partial charge in [0.1, 0.15) is 11.9 Å². The average Bonchev–Trinajstić information content (AvgIpc) is 2.64. The highest BCUT2D eigenvalue weighted by Gasteiger charge is 2.20. The molecule has 1 aromatic carbocycles. The highest BCUT2D eigenvalue weighted by molar-refractivity contribution is 5.80. The van der Waals surface area contributed by atoms with Crippen LogP contribution in [0.25, 0.3) is 11.0 Å². The number of aromatic nitrogens is 2. The lowest BCUT2D eigenvalue weighted by atomic mass is 10.1. The van der Waals surface area contributed by atoms with Crippen molar-refractivity contribution < 1.29 is 9.90 Å². The predicted octanol–water partition coefficient (Wildman–Crippen LogP) is 2.88. The van der Waals surface area contributed by atoms with Gasteiger partial charge >= 0.3 is 5.97 Å². The van der Waals surface area contributed by atoms with Crippen molar-refractivity contribution in [1.29, 1.82) is 0 Å². The van der Waals surface area contributed by atoms with Gasteiger partial charge < -0.3 is 9.67 Å². The van der Waals surface area contributed by atoms with Crippen molar-refractivity contribution in [3.63, 3.8) is 0 Å². The number of imidazole rings is 1. The number of rotatable bonds is 4. The van der Waals surface area contributed by atoms with E-state index in [1.165, 1.54) is 0 Å². The van der Waals surface area contributed by atoms with Gasteiger partial charge in [0.05, 0.1) is 11.0 Å². The molecule has 0 radical (unpaired) electrons. The summed E-state index contributed by atoms with van der Waals surface area (Å²) < 4.78 is 1.83. The molecule has 0 aliphatic heterocycles. The second-order valence-electron chi connectivity index (χ2n) is 5.00. The number of carboxylic acids is 1. The number of nitrogens with zero attached hydrogens (tertiary/aromatic N) is 2. The molecule has 0 saturated heterocycles. The van der Waals surface area contributed by atoms with E-state index in [1.807, 2.05) is 28.8 Å². The Balaban J connectivity index is 2.61. The lowest BCUT2D eigenvalue weighted by Gasteiger charge is -2.14. The Bertz CT molecular complexity index is 572. The molecule has 0 saturated carbocycles. The standard InChI is InChI=1S/C14H18N2O2/c1-9(2)8-13-15-11-6-4-5-7-12(11)16(13)10(3)14(17)18/h4-7,9-10H,8H2,1-3H3,(H,17,18)/t10-/m1/s1. The largest absolute Gasteiger partial charge is 0.480 e. The Labute approximate surface area is 106 Å². The first-order valence-electron chi connectivity index (χ1n) is 6.19. The van der Waals surface area contributed by atoms with Crippen LogP contribution < -0.4 is 0 Å². The van der Waals surface area contributed by atoms with E-state index in [1.54, 1.807) is 6.92 Å². The Hall–Kier alpha value is -1.84. The summed E-state index contributed by atoms with van der Waals surface area (Å²) in [5.74, 6) is 0.464. The zero-order chi connectivity index (χ0) is 13.3. The van der Waals surface area contributed by atoms with Gasteiger partial charge in [-0.2, -0.15) is 0 Å². The minimum Gasteiger partial charge on any atom is -0.480 e. The Kier molecular flexibility index (Phi) is 3.36. The fourth-order valence-corrected chi connectivity index (χ4v) is 2.15. The molecule has 4 nitrogen and oxygen atoms in total. The summed E-state index contributed by atoms with van der Waals surface area (Å²) in [6, 6.07) is 7.08. The first kappa shape index (κ1) is 12.6. The topological polar surface area (TPSA) is 55.1 Å². The average molecular weight is 246 g/mol. The maximum absolute atomic E-state index is 11.2. The van der Waals surface area contributed by atoms with Gasteiger partial charge in [-0.3, -0.25) is 0 Å². The minimum absolute atomic E-state index is 0.446. The number of benzene rings is 1. The van der Waals surface area contributed by atoms with Gasteiger partial charge in [-0.25, -0.2) is 9.78 Å². The van der Waals surface area contributed by atoms with Crippen LogP contribution in [0.2, 0.25) is 0 Å². The Morgan fingerprint density at radius 1 is 1.33 bits per heavy atom. The molecule has 1 heterocycles. The van der Waals surface area contributed by atoms with Crippen LogP contribution in [0.3, 0.4) is 0 Å². The number of para-hydroxylation sites is 2. The summed E-state index contributed by atoms with van der Waals surface area (Å²) in [6.07, 6.45) is 0.784. The Morgan fingerprint density at radius 3 is 2.61 bits per heavy atom. The first-order valence-corrected chi connectivity index (χ1v) is 6.19. The van der Waals surface area contributed by atoms with Gasteiger partial charge in [0.25, 0.3) is 0 Å². The second-order valence-corrected chi connectivity index (χ2v) is 5.00. The molecular weight excluding hydrogens is 228 g/mol. The van der Waals surface area contributed by atoms with Crippen LogP contribution in [0.1, 0.15) is 32.6 Å². The number of fused-ring (bicyclic) bond motifs is 1. The van der Waals surface area contributed by atoms with Crippen molar-refractivity contribution in [2.24, 2.45) is 5.92 Å². The minimum atomic E-state index is -0.830. The molecule has 1 atom stereocenters. The summed E-state index contributed by atoms with van der Waals surface area (Å²) in [5.41, 5.74) is 1.75. The molecule has 0 fully saturated rings. The molecule has 0 aliphatic rings. The molecule has 2 rings (SSSR count). The molecule has 0 bridgehead atoms. The summed E-state index contributed by atoms with van der Waals surface area (Å²) in [4.78, 5) is 15.8. The van der Waals surface area contributed by atoms with Gasteiger partial charge in [0.15, 0.2) is 0 Å².